The predicted molar refractivity (Wildman–Crippen MR) is 127 cm³/mol. The Morgan fingerprint density at radius 3 is 2.40 bits per heavy atom. The zero-order valence-electron chi connectivity index (χ0n) is 19.8. The lowest BCUT2D eigenvalue weighted by Crippen LogP contribution is -2.47. The highest BCUT2D eigenvalue weighted by molar-refractivity contribution is 6.25. The van der Waals surface area contributed by atoms with Crippen LogP contribution in [0.4, 0.5) is 11.4 Å². The molecule has 2 saturated heterocycles. The van der Waals surface area contributed by atoms with Crippen LogP contribution in [0, 0.1) is 27.4 Å². The first kappa shape index (κ1) is 22.8. The van der Waals surface area contributed by atoms with E-state index < -0.39 is 46.1 Å². The minimum atomic E-state index is -0.931. The van der Waals surface area contributed by atoms with E-state index in [1.807, 2.05) is 35.2 Å². The van der Waals surface area contributed by atoms with Crippen LogP contribution in [-0.4, -0.2) is 40.6 Å². The molecule has 0 aliphatic carbocycles. The lowest BCUT2D eigenvalue weighted by molar-refractivity contribution is -0.384. The summed E-state index contributed by atoms with van der Waals surface area (Å²) >= 11 is 0. The van der Waals surface area contributed by atoms with Crippen molar-refractivity contribution in [3.8, 4) is 5.75 Å². The SMILES string of the molecule is COc1ccc([N+](=O)[O-])cc1N1C(=O)C2C(C1=O)C1c3ccccc3C=CN1C2C(=O)C(C)(C)C. The van der Waals surface area contributed by atoms with Gasteiger partial charge in [-0.2, -0.15) is 0 Å². The maximum absolute atomic E-state index is 13.9. The van der Waals surface area contributed by atoms with Crippen LogP contribution in [-0.2, 0) is 14.4 Å². The van der Waals surface area contributed by atoms with Crippen LogP contribution >= 0.6 is 0 Å². The molecule has 9 heteroatoms. The molecular formula is C26H25N3O6. The number of nitrogens with zero attached hydrogens (tertiary/aromatic N) is 3. The van der Waals surface area contributed by atoms with Gasteiger partial charge in [0.15, 0.2) is 5.78 Å². The van der Waals surface area contributed by atoms with Gasteiger partial charge in [0.2, 0.25) is 11.8 Å². The molecule has 0 saturated carbocycles. The van der Waals surface area contributed by atoms with Crippen LogP contribution in [0.2, 0.25) is 0 Å². The number of methoxy groups -OCH3 is 1. The van der Waals surface area contributed by atoms with E-state index in [9.17, 15) is 24.5 Å². The van der Waals surface area contributed by atoms with Gasteiger partial charge in [-0.15, -0.1) is 0 Å². The van der Waals surface area contributed by atoms with Crippen molar-refractivity contribution in [3.05, 3.63) is 69.9 Å². The van der Waals surface area contributed by atoms with Gasteiger partial charge in [0.25, 0.3) is 5.69 Å². The maximum atomic E-state index is 13.9. The molecule has 4 unspecified atom stereocenters. The molecule has 5 rings (SSSR count). The van der Waals surface area contributed by atoms with Crippen LogP contribution in [0.3, 0.4) is 0 Å². The van der Waals surface area contributed by atoms with Gasteiger partial charge in [0.1, 0.15) is 17.5 Å². The first-order chi connectivity index (χ1) is 16.6. The Hall–Kier alpha value is -4.01. The predicted octanol–water partition coefficient (Wildman–Crippen LogP) is 3.73. The highest BCUT2D eigenvalue weighted by Crippen LogP contribution is 2.55. The van der Waals surface area contributed by atoms with Gasteiger partial charge in [-0.25, -0.2) is 4.90 Å². The average molecular weight is 476 g/mol. The van der Waals surface area contributed by atoms with Crippen LogP contribution in [0.15, 0.2) is 48.7 Å². The molecular weight excluding hydrogens is 450 g/mol. The third kappa shape index (κ3) is 3.25. The second kappa shape index (κ2) is 7.76. The van der Waals surface area contributed by atoms with Crippen molar-refractivity contribution in [3.63, 3.8) is 0 Å². The molecule has 0 aromatic heterocycles. The minimum absolute atomic E-state index is 0.0132. The Bertz CT molecular complexity index is 1310. The Morgan fingerprint density at radius 2 is 1.74 bits per heavy atom. The van der Waals surface area contributed by atoms with Crippen LogP contribution in [0.5, 0.6) is 5.75 Å². The number of carbonyl (C=O) groups excluding carboxylic acids is 3. The summed E-state index contributed by atoms with van der Waals surface area (Å²) in [6.45, 7) is 5.38. The van der Waals surface area contributed by atoms with Crippen molar-refractivity contribution >= 4 is 35.0 Å². The standard InChI is InChI=1S/C26H25N3O6/c1-26(2,3)23(30)22-20-19(21-16-8-6-5-7-14(16)11-12-27(21)22)24(31)28(25(20)32)17-13-15(29(33)34)9-10-18(17)35-4/h5-13,19-22H,1-4H3. The molecule has 2 amide bonds. The third-order valence-electron chi connectivity index (χ3n) is 7.08. The van der Waals surface area contributed by atoms with E-state index in [-0.39, 0.29) is 22.9 Å². The number of anilines is 1. The van der Waals surface area contributed by atoms with E-state index in [1.54, 1.807) is 27.0 Å². The quantitative estimate of drug-likeness (QED) is 0.376. The molecule has 2 aromatic carbocycles. The number of ketones is 1. The van der Waals surface area contributed by atoms with Crippen molar-refractivity contribution in [1.29, 1.82) is 0 Å². The number of imide groups is 1. The summed E-state index contributed by atoms with van der Waals surface area (Å²) in [5.41, 5.74) is 0.772. The number of amides is 2. The summed E-state index contributed by atoms with van der Waals surface area (Å²) in [4.78, 5) is 55.2. The molecule has 2 fully saturated rings. The number of ether oxygens (including phenoxy) is 1. The summed E-state index contributed by atoms with van der Waals surface area (Å²) in [5.74, 6) is -2.79. The number of rotatable bonds is 4. The van der Waals surface area contributed by atoms with Gasteiger partial charge in [-0.1, -0.05) is 45.0 Å². The van der Waals surface area contributed by atoms with Gasteiger partial charge in [0, 0.05) is 23.7 Å². The second-order valence-electron chi connectivity index (χ2n) is 10.1. The van der Waals surface area contributed by atoms with Crippen LogP contribution in [0.25, 0.3) is 6.08 Å². The fourth-order valence-electron chi connectivity index (χ4n) is 5.50. The first-order valence-electron chi connectivity index (χ1n) is 11.4. The van der Waals surface area contributed by atoms with Crippen LogP contribution < -0.4 is 9.64 Å². The zero-order chi connectivity index (χ0) is 25.2. The van der Waals surface area contributed by atoms with E-state index in [4.69, 9.17) is 4.74 Å². The van der Waals surface area contributed by atoms with Gasteiger partial charge in [-0.05, 0) is 23.3 Å². The molecule has 0 radical (unpaired) electrons. The largest absolute Gasteiger partial charge is 0.495 e. The molecule has 3 aliphatic rings. The summed E-state index contributed by atoms with van der Waals surface area (Å²) in [6.07, 6.45) is 3.70. The van der Waals surface area contributed by atoms with E-state index >= 15 is 0 Å². The van der Waals surface area contributed by atoms with Gasteiger partial charge >= 0.3 is 0 Å². The molecule has 0 spiro atoms. The summed E-state index contributed by atoms with van der Waals surface area (Å²) in [6, 6.07) is 10.0. The molecule has 3 aliphatic heterocycles. The number of nitro groups is 1. The van der Waals surface area contributed by atoms with E-state index in [1.165, 1.54) is 25.3 Å². The molecule has 4 atom stereocenters. The second-order valence-corrected chi connectivity index (χ2v) is 10.1. The molecule has 9 nitrogen and oxygen atoms in total. The number of benzene rings is 2. The van der Waals surface area contributed by atoms with Crippen molar-refractivity contribution in [2.45, 2.75) is 32.9 Å². The van der Waals surface area contributed by atoms with Crippen molar-refractivity contribution in [2.24, 2.45) is 17.3 Å². The zero-order valence-corrected chi connectivity index (χ0v) is 19.8. The van der Waals surface area contributed by atoms with Gasteiger partial charge in [0.05, 0.1) is 29.9 Å². The average Bonchev–Trinajstić information content (AvgIpc) is 3.30. The van der Waals surface area contributed by atoms with Crippen molar-refractivity contribution < 1.29 is 24.0 Å². The van der Waals surface area contributed by atoms with Crippen molar-refractivity contribution in [1.82, 2.24) is 4.90 Å². The minimum Gasteiger partial charge on any atom is -0.495 e. The number of fused-ring (bicyclic) bond motifs is 5. The highest BCUT2D eigenvalue weighted by Gasteiger charge is 2.65. The van der Waals surface area contributed by atoms with Crippen molar-refractivity contribution in [2.75, 3.05) is 12.0 Å². The Kier molecular flexibility index (Phi) is 5.05. The summed E-state index contributed by atoms with van der Waals surface area (Å²) in [5, 5.41) is 11.4. The fourth-order valence-corrected chi connectivity index (χ4v) is 5.50. The molecule has 2 aromatic rings. The number of hydrogen-bond donors (Lipinski definition) is 0. The highest BCUT2D eigenvalue weighted by atomic mass is 16.6. The Labute approximate surface area is 202 Å². The first-order valence-corrected chi connectivity index (χ1v) is 11.4. The number of nitro benzene ring substituents is 1. The Morgan fingerprint density at radius 1 is 1.06 bits per heavy atom. The normalized spacial score (nSPS) is 24.8. The van der Waals surface area contributed by atoms with Crippen LogP contribution in [0.1, 0.15) is 37.9 Å². The molecule has 0 N–H and O–H groups in total. The third-order valence-corrected chi connectivity index (χ3v) is 7.08. The Balaban J connectivity index is 1.69. The topological polar surface area (TPSA) is 110 Å². The maximum Gasteiger partial charge on any atom is 0.271 e. The van der Waals surface area contributed by atoms with E-state index in [0.29, 0.717) is 0 Å². The fraction of sp³-hybridized carbons (Fsp3) is 0.346. The van der Waals surface area contributed by atoms with Gasteiger partial charge in [-0.3, -0.25) is 24.5 Å². The summed E-state index contributed by atoms with van der Waals surface area (Å²) < 4.78 is 5.35. The number of hydrogen-bond acceptors (Lipinski definition) is 7. The molecule has 3 heterocycles. The number of carbonyl (C=O) groups is 3. The molecule has 180 valence electrons. The monoisotopic (exact) mass is 475 g/mol. The smallest absolute Gasteiger partial charge is 0.271 e. The lowest BCUT2D eigenvalue weighted by atomic mass is 9.79. The summed E-state index contributed by atoms with van der Waals surface area (Å²) in [7, 11) is 1.37. The number of non-ortho nitro benzene ring substituents is 1. The molecule has 35 heavy (non-hydrogen) atoms. The lowest BCUT2D eigenvalue weighted by Gasteiger charge is -2.37. The van der Waals surface area contributed by atoms with E-state index in [0.717, 1.165) is 16.0 Å². The molecule has 0 bridgehead atoms. The van der Waals surface area contributed by atoms with Gasteiger partial charge < -0.3 is 9.64 Å². The van der Waals surface area contributed by atoms with E-state index in [2.05, 4.69) is 0 Å². The number of Topliss-reactive ketones (excluding diaryl/α,β-unsaturated/α-hetero) is 1.